The molecule has 0 heterocycles. The van der Waals surface area contributed by atoms with Crippen molar-refractivity contribution < 1.29 is 57.7 Å². The summed E-state index contributed by atoms with van der Waals surface area (Å²) >= 11 is 2.59. The molecule has 1 atom stereocenters. The van der Waals surface area contributed by atoms with Crippen LogP contribution >= 0.6 is 0 Å². The van der Waals surface area contributed by atoms with Gasteiger partial charge in [0, 0.05) is 0 Å². The zero-order valence-electron chi connectivity index (χ0n) is 27.7. The molecular weight excluding hydrogens is 615 g/mol. The Morgan fingerprint density at radius 1 is 0.561 bits per heavy atom. The Morgan fingerprint density at radius 2 is 0.902 bits per heavy atom. The van der Waals surface area contributed by atoms with Crippen LogP contribution in [0.4, 0.5) is 0 Å². The summed E-state index contributed by atoms with van der Waals surface area (Å²) in [6.45, 7) is 16.5. The predicted octanol–water partition coefficient (Wildman–Crippen LogP) is 1.94. The molecule has 1 unspecified atom stereocenters. The Morgan fingerprint density at radius 3 is 1.27 bits per heavy atom. The predicted molar refractivity (Wildman–Crippen MR) is 171 cm³/mol. The van der Waals surface area contributed by atoms with Crippen molar-refractivity contribution in [2.45, 2.75) is 167 Å². The second-order valence-electron chi connectivity index (χ2n) is 12.8. The van der Waals surface area contributed by atoms with Gasteiger partial charge in [-0.3, -0.25) is 0 Å². The second kappa shape index (κ2) is 23.8. The van der Waals surface area contributed by atoms with Crippen molar-refractivity contribution in [3.8, 4) is 0 Å². The molecule has 1 aliphatic carbocycles. The minimum atomic E-state index is -0.369. The van der Waals surface area contributed by atoms with Crippen molar-refractivity contribution in [1.82, 2.24) is 0 Å². The van der Waals surface area contributed by atoms with Crippen LogP contribution in [0.5, 0.6) is 0 Å². The fourth-order valence-electron chi connectivity index (χ4n) is 6.93. The number of halogens is 3. The molecule has 0 aromatic heterocycles. The summed E-state index contributed by atoms with van der Waals surface area (Å²) < 4.78 is 0.271. The summed E-state index contributed by atoms with van der Waals surface area (Å²) in [6.07, 6.45) is 24.6. The molecule has 2 rings (SSSR count). The van der Waals surface area contributed by atoms with Gasteiger partial charge in [-0.25, -0.2) is 0 Å². The summed E-state index contributed by atoms with van der Waals surface area (Å²) in [4.78, 5) is 0. The SMILES string of the molecule is CCCCCCCCCCCCCCCCCCC([SiH2]c1cc(C)cc(C)c1)[C]1([Ti+3])C(C)=C(C)C(C)=C1C.[Cl-].[Cl-].[Cl-]. The van der Waals surface area contributed by atoms with E-state index in [1.54, 1.807) is 27.5 Å². The van der Waals surface area contributed by atoms with Crippen molar-refractivity contribution in [3.63, 3.8) is 0 Å². The van der Waals surface area contributed by atoms with Crippen LogP contribution in [-0.2, 0) is 20.4 Å². The van der Waals surface area contributed by atoms with Crippen molar-refractivity contribution >= 4 is 14.7 Å². The van der Waals surface area contributed by atoms with E-state index < -0.39 is 0 Å². The van der Waals surface area contributed by atoms with Gasteiger partial charge in [-0.15, -0.1) is 0 Å². The Balaban J connectivity index is 0. The first kappa shape index (κ1) is 43.6. The van der Waals surface area contributed by atoms with Crippen molar-refractivity contribution in [1.29, 1.82) is 0 Å². The van der Waals surface area contributed by atoms with E-state index in [1.165, 1.54) is 120 Å². The van der Waals surface area contributed by atoms with Crippen molar-refractivity contribution in [2.24, 2.45) is 0 Å². The fraction of sp³-hybridized carbons (Fsp3) is 0.722. The van der Waals surface area contributed by atoms with Gasteiger partial charge in [0.15, 0.2) is 0 Å². The van der Waals surface area contributed by atoms with Crippen molar-refractivity contribution in [3.05, 3.63) is 51.6 Å². The van der Waals surface area contributed by atoms with E-state index in [1.807, 2.05) is 0 Å². The van der Waals surface area contributed by atoms with Crippen LogP contribution in [0.25, 0.3) is 0 Å². The minimum Gasteiger partial charge on any atom is -1.00 e. The molecule has 1 aromatic rings. The van der Waals surface area contributed by atoms with Crippen LogP contribution in [0.2, 0.25) is 9.26 Å². The number of benzene rings is 1. The molecule has 0 radical (unpaired) electrons. The van der Waals surface area contributed by atoms with E-state index in [9.17, 15) is 0 Å². The first-order valence-corrected chi connectivity index (χ1v) is 18.7. The molecule has 0 nitrogen and oxygen atoms in total. The van der Waals surface area contributed by atoms with Gasteiger partial charge < -0.3 is 37.2 Å². The number of hydrogen-bond acceptors (Lipinski definition) is 0. The number of hydrogen-bond donors (Lipinski definition) is 0. The zero-order valence-corrected chi connectivity index (χ0v) is 32.9. The molecule has 0 fully saturated rings. The summed E-state index contributed by atoms with van der Waals surface area (Å²) in [6, 6.07) is 7.33. The molecule has 1 aromatic carbocycles. The van der Waals surface area contributed by atoms with Crippen LogP contribution in [0, 0.1) is 13.8 Å². The molecule has 0 aliphatic heterocycles. The largest absolute Gasteiger partial charge is 1.00 e. The number of unbranched alkanes of at least 4 members (excludes halogenated alkanes) is 15. The van der Waals surface area contributed by atoms with Crippen LogP contribution in [0.1, 0.15) is 155 Å². The molecular formula is C36H61Cl3SiTi. The molecule has 0 spiro atoms. The van der Waals surface area contributed by atoms with Gasteiger partial charge in [0.05, 0.1) is 0 Å². The van der Waals surface area contributed by atoms with Crippen LogP contribution < -0.4 is 42.4 Å². The molecule has 234 valence electrons. The molecule has 41 heavy (non-hydrogen) atoms. The normalized spacial score (nSPS) is 15.2. The van der Waals surface area contributed by atoms with E-state index in [-0.39, 0.29) is 50.5 Å². The van der Waals surface area contributed by atoms with E-state index in [0.717, 1.165) is 5.54 Å². The number of aryl methyl sites for hydroxylation is 2. The molecule has 1 aliphatic rings. The van der Waals surface area contributed by atoms with Gasteiger partial charge in [-0.05, 0) is 0 Å². The van der Waals surface area contributed by atoms with Gasteiger partial charge in [0.25, 0.3) is 0 Å². The smallest absolute Gasteiger partial charge is 1.00 e. The van der Waals surface area contributed by atoms with E-state index in [0.29, 0.717) is 0 Å². The first-order valence-electron chi connectivity index (χ1n) is 16.4. The number of rotatable bonds is 20. The molecule has 0 saturated carbocycles. The Labute approximate surface area is 289 Å². The van der Waals surface area contributed by atoms with Crippen LogP contribution in [-0.4, -0.2) is 9.52 Å². The van der Waals surface area contributed by atoms with Gasteiger partial charge >= 0.3 is 202 Å². The zero-order chi connectivity index (χ0) is 28.0. The van der Waals surface area contributed by atoms with E-state index in [2.05, 4.69) is 87.1 Å². The molecule has 0 bridgehead atoms. The molecule has 0 saturated heterocycles. The number of allylic oxidation sites excluding steroid dienone is 4. The summed E-state index contributed by atoms with van der Waals surface area (Å²) in [5, 5.41) is 1.67. The maximum absolute atomic E-state index is 2.59. The fourth-order valence-corrected chi connectivity index (χ4v) is 11.1. The monoisotopic (exact) mass is 674 g/mol. The Hall–Kier alpha value is 0.501. The average molecular weight is 676 g/mol. The third kappa shape index (κ3) is 14.4. The Bertz CT molecular complexity index is 864. The van der Waals surface area contributed by atoms with Gasteiger partial charge in [0.2, 0.25) is 0 Å². The summed E-state index contributed by atoms with van der Waals surface area (Å²) in [5.74, 6) is 0. The van der Waals surface area contributed by atoms with Crippen LogP contribution in [0.15, 0.2) is 40.5 Å². The first-order chi connectivity index (χ1) is 18.2. The standard InChI is InChI=1S/C36H61Si.3ClH.Ti/c1-8-9-10-11-12-13-14-15-16-17-18-19-20-21-22-23-24-35(36-32(6)30(4)31(5)33(36)7)37-34-26-28(2)25-29(3)27-34;;;;/h25-27,35H,8-24,37H2,1-7H3;3*1H;/q;;;;+3/p-3. The molecule has 0 N–H and O–H groups in total. The van der Waals surface area contributed by atoms with E-state index >= 15 is 0 Å². The molecule has 0 amide bonds. The molecule has 5 heteroatoms. The summed E-state index contributed by atoms with van der Waals surface area (Å²) in [5.41, 5.74) is 10.2. The quantitative estimate of drug-likeness (QED) is 0.147. The third-order valence-corrected chi connectivity index (χ3v) is 14.5. The average Bonchev–Trinajstić information content (AvgIpc) is 3.03. The van der Waals surface area contributed by atoms with Gasteiger partial charge in [-0.2, -0.15) is 0 Å². The van der Waals surface area contributed by atoms with Gasteiger partial charge in [-0.1, -0.05) is 51.9 Å². The van der Waals surface area contributed by atoms with Crippen LogP contribution in [0.3, 0.4) is 0 Å². The maximum atomic E-state index is 2.59. The minimum absolute atomic E-state index is 0. The van der Waals surface area contributed by atoms with Crippen molar-refractivity contribution in [2.75, 3.05) is 0 Å². The Kier molecular flexibility index (Phi) is 25.4. The van der Waals surface area contributed by atoms with E-state index in [4.69, 9.17) is 0 Å². The third-order valence-electron chi connectivity index (χ3n) is 9.65. The van der Waals surface area contributed by atoms with Gasteiger partial charge in [0.1, 0.15) is 0 Å². The second-order valence-corrected chi connectivity index (χ2v) is 16.2. The topological polar surface area (TPSA) is 0 Å². The summed E-state index contributed by atoms with van der Waals surface area (Å²) in [7, 11) is -0.369. The maximum Gasteiger partial charge on any atom is -1.00 e.